The molecule has 9 heteroatoms. The number of anilines is 1. The second-order valence-corrected chi connectivity index (χ2v) is 5.58. The van der Waals surface area contributed by atoms with Crippen molar-refractivity contribution in [1.82, 2.24) is 10.2 Å². The van der Waals surface area contributed by atoms with Crippen molar-refractivity contribution in [3.63, 3.8) is 0 Å². The minimum absolute atomic E-state index is 0.127. The summed E-state index contributed by atoms with van der Waals surface area (Å²) in [6.07, 6.45) is -4.81. The molecule has 0 aliphatic rings. The fourth-order valence-electron chi connectivity index (χ4n) is 2.21. The van der Waals surface area contributed by atoms with Gasteiger partial charge in [-0.1, -0.05) is 35.9 Å². The predicted molar refractivity (Wildman–Crippen MR) is 90.1 cm³/mol. The minimum Gasteiger partial charge on any atom is -0.406 e. The van der Waals surface area contributed by atoms with Crippen LogP contribution in [-0.4, -0.2) is 22.5 Å². The van der Waals surface area contributed by atoms with Crippen LogP contribution in [0.25, 0.3) is 11.3 Å². The molecular weight excluding hydrogens is 371 g/mol. The van der Waals surface area contributed by atoms with E-state index in [-0.39, 0.29) is 11.4 Å². The van der Waals surface area contributed by atoms with Crippen molar-refractivity contribution in [3.05, 3.63) is 65.3 Å². The first-order chi connectivity index (χ1) is 12.3. The summed E-state index contributed by atoms with van der Waals surface area (Å²) in [4.78, 5) is 12.3. The number of carbonyl (C=O) groups is 1. The molecule has 0 aliphatic carbocycles. The normalized spacial score (nSPS) is 11.2. The minimum atomic E-state index is -4.81. The van der Waals surface area contributed by atoms with E-state index < -0.39 is 18.0 Å². The van der Waals surface area contributed by atoms with E-state index >= 15 is 0 Å². The zero-order valence-electron chi connectivity index (χ0n) is 13.0. The van der Waals surface area contributed by atoms with Crippen molar-refractivity contribution in [2.24, 2.45) is 0 Å². The van der Waals surface area contributed by atoms with Crippen LogP contribution in [0.1, 0.15) is 10.5 Å². The molecule has 1 heterocycles. The third-order valence-electron chi connectivity index (χ3n) is 3.30. The molecular formula is C17H11ClF3N3O2. The Morgan fingerprint density at radius 1 is 1.12 bits per heavy atom. The van der Waals surface area contributed by atoms with Crippen LogP contribution in [0.4, 0.5) is 18.9 Å². The van der Waals surface area contributed by atoms with E-state index in [4.69, 9.17) is 11.6 Å². The number of hydrogen-bond donors (Lipinski definition) is 2. The number of amides is 1. The lowest BCUT2D eigenvalue weighted by molar-refractivity contribution is -0.274. The lowest BCUT2D eigenvalue weighted by Gasteiger charge is -2.10. The first-order valence-corrected chi connectivity index (χ1v) is 7.67. The van der Waals surface area contributed by atoms with Gasteiger partial charge in [0.25, 0.3) is 5.91 Å². The molecule has 0 bridgehead atoms. The molecule has 0 saturated carbocycles. The van der Waals surface area contributed by atoms with Gasteiger partial charge in [0.05, 0.1) is 10.7 Å². The zero-order valence-corrected chi connectivity index (χ0v) is 13.7. The number of nitrogens with one attached hydrogen (secondary N) is 2. The molecule has 26 heavy (non-hydrogen) atoms. The number of halogens is 4. The molecule has 0 aliphatic heterocycles. The highest BCUT2D eigenvalue weighted by Crippen LogP contribution is 2.27. The van der Waals surface area contributed by atoms with Gasteiger partial charge in [-0.15, -0.1) is 13.2 Å². The molecule has 5 nitrogen and oxygen atoms in total. The van der Waals surface area contributed by atoms with Crippen molar-refractivity contribution >= 4 is 23.2 Å². The smallest absolute Gasteiger partial charge is 0.406 e. The summed E-state index contributed by atoms with van der Waals surface area (Å²) >= 11 is 6.09. The van der Waals surface area contributed by atoms with Gasteiger partial charge in [0.2, 0.25) is 0 Å². The number of ether oxygens (including phenoxy) is 1. The first kappa shape index (κ1) is 17.8. The van der Waals surface area contributed by atoms with E-state index in [1.807, 2.05) is 0 Å². The van der Waals surface area contributed by atoms with Crippen molar-refractivity contribution in [2.45, 2.75) is 6.36 Å². The van der Waals surface area contributed by atoms with Gasteiger partial charge < -0.3 is 10.1 Å². The van der Waals surface area contributed by atoms with Crippen molar-refractivity contribution < 1.29 is 22.7 Å². The average Bonchev–Trinajstić information content (AvgIpc) is 3.04. The van der Waals surface area contributed by atoms with E-state index in [2.05, 4.69) is 20.3 Å². The van der Waals surface area contributed by atoms with E-state index in [1.165, 1.54) is 18.2 Å². The molecule has 2 N–H and O–H groups in total. The maximum Gasteiger partial charge on any atom is 0.573 e. The molecule has 0 saturated heterocycles. The molecule has 0 spiro atoms. The fourth-order valence-corrected chi connectivity index (χ4v) is 2.45. The highest BCUT2D eigenvalue weighted by atomic mass is 35.5. The number of benzene rings is 2. The molecule has 3 aromatic rings. The lowest BCUT2D eigenvalue weighted by atomic mass is 10.1. The maximum absolute atomic E-state index is 12.3. The van der Waals surface area contributed by atoms with Gasteiger partial charge >= 0.3 is 6.36 Å². The maximum atomic E-state index is 12.3. The Kier molecular flexibility index (Phi) is 4.85. The number of rotatable bonds is 4. The van der Waals surface area contributed by atoms with E-state index in [0.29, 0.717) is 16.3 Å². The van der Waals surface area contributed by atoms with Gasteiger partial charge in [-0.2, -0.15) is 5.10 Å². The Hall–Kier alpha value is -3.00. The van der Waals surface area contributed by atoms with Crippen LogP contribution in [0.3, 0.4) is 0 Å². The average molecular weight is 382 g/mol. The van der Waals surface area contributed by atoms with E-state index in [9.17, 15) is 18.0 Å². The van der Waals surface area contributed by atoms with Crippen molar-refractivity contribution in [2.75, 3.05) is 5.32 Å². The van der Waals surface area contributed by atoms with Crippen LogP contribution in [0.2, 0.25) is 5.02 Å². The largest absolute Gasteiger partial charge is 0.573 e. The van der Waals surface area contributed by atoms with Crippen LogP contribution in [0.5, 0.6) is 5.75 Å². The van der Waals surface area contributed by atoms with Crippen LogP contribution >= 0.6 is 11.6 Å². The summed E-state index contributed by atoms with van der Waals surface area (Å²) < 4.78 is 40.6. The third-order valence-corrected chi connectivity index (χ3v) is 3.63. The van der Waals surface area contributed by atoms with E-state index in [0.717, 1.165) is 12.1 Å². The summed E-state index contributed by atoms with van der Waals surface area (Å²) in [6, 6.07) is 13.4. The van der Waals surface area contributed by atoms with Crippen LogP contribution in [0, 0.1) is 0 Å². The van der Waals surface area contributed by atoms with Gasteiger partial charge in [0, 0.05) is 17.3 Å². The SMILES string of the molecule is O=C(Nc1cccc(OC(F)(F)F)c1)c1cc(-c2ccccc2Cl)n[nH]1. The number of aromatic amines is 1. The molecule has 134 valence electrons. The molecule has 2 aromatic carbocycles. The van der Waals surface area contributed by atoms with Gasteiger partial charge in [-0.3, -0.25) is 9.89 Å². The number of nitrogens with zero attached hydrogens (tertiary/aromatic N) is 1. The second-order valence-electron chi connectivity index (χ2n) is 5.18. The molecule has 0 unspecified atom stereocenters. The Bertz CT molecular complexity index is 941. The van der Waals surface area contributed by atoms with Gasteiger partial charge in [0.1, 0.15) is 11.4 Å². The van der Waals surface area contributed by atoms with Crippen molar-refractivity contribution in [3.8, 4) is 17.0 Å². The molecule has 0 fully saturated rings. The summed E-state index contributed by atoms with van der Waals surface area (Å²) in [5.41, 5.74) is 1.38. The standard InChI is InChI=1S/C17H11ClF3N3O2/c18-13-7-2-1-6-12(13)14-9-15(24-23-14)16(25)22-10-4-3-5-11(8-10)26-17(19,20)21/h1-9H,(H,22,25)(H,23,24). The van der Waals surface area contributed by atoms with Crippen molar-refractivity contribution in [1.29, 1.82) is 0 Å². The molecule has 3 rings (SSSR count). The van der Waals surface area contributed by atoms with E-state index in [1.54, 1.807) is 24.3 Å². The zero-order chi connectivity index (χ0) is 18.7. The highest BCUT2D eigenvalue weighted by Gasteiger charge is 2.31. The molecule has 1 aromatic heterocycles. The first-order valence-electron chi connectivity index (χ1n) is 7.29. The van der Waals surface area contributed by atoms with Crippen LogP contribution in [0.15, 0.2) is 54.6 Å². The number of alkyl halides is 3. The summed E-state index contributed by atoms with van der Waals surface area (Å²) in [5, 5.41) is 9.55. The third kappa shape index (κ3) is 4.34. The van der Waals surface area contributed by atoms with Gasteiger partial charge in [-0.05, 0) is 24.3 Å². The Labute approximate surface area is 150 Å². The molecule has 1 amide bonds. The van der Waals surface area contributed by atoms with Crippen LogP contribution < -0.4 is 10.1 Å². The van der Waals surface area contributed by atoms with Gasteiger partial charge in [0.15, 0.2) is 0 Å². The summed E-state index contributed by atoms with van der Waals surface area (Å²) in [5.74, 6) is -1.00. The Morgan fingerprint density at radius 2 is 1.88 bits per heavy atom. The number of H-pyrrole nitrogens is 1. The van der Waals surface area contributed by atoms with Crippen LogP contribution in [-0.2, 0) is 0 Å². The summed E-state index contributed by atoms with van der Waals surface area (Å²) in [7, 11) is 0. The molecule has 0 atom stereocenters. The topological polar surface area (TPSA) is 67.0 Å². The Morgan fingerprint density at radius 3 is 2.62 bits per heavy atom. The fraction of sp³-hybridized carbons (Fsp3) is 0.0588. The Balaban J connectivity index is 1.75. The predicted octanol–water partition coefficient (Wildman–Crippen LogP) is 4.88. The lowest BCUT2D eigenvalue weighted by Crippen LogP contribution is -2.17. The number of hydrogen-bond acceptors (Lipinski definition) is 3. The molecule has 0 radical (unpaired) electrons. The second kappa shape index (κ2) is 7.09. The number of carbonyl (C=O) groups excluding carboxylic acids is 1. The highest BCUT2D eigenvalue weighted by molar-refractivity contribution is 6.33. The summed E-state index contributed by atoms with van der Waals surface area (Å²) in [6.45, 7) is 0. The monoisotopic (exact) mass is 381 g/mol. The number of aromatic nitrogens is 2. The van der Waals surface area contributed by atoms with Gasteiger partial charge in [-0.25, -0.2) is 0 Å². The quantitative estimate of drug-likeness (QED) is 0.676.